The molecule has 0 bridgehead atoms. The Labute approximate surface area is 124 Å². The Kier molecular flexibility index (Phi) is 4.23. The van der Waals surface area contributed by atoms with Gasteiger partial charge < -0.3 is 5.32 Å². The van der Waals surface area contributed by atoms with Gasteiger partial charge in [0.25, 0.3) is 5.91 Å². The Bertz CT molecular complexity index is 683. The van der Waals surface area contributed by atoms with Crippen molar-refractivity contribution in [2.45, 2.75) is 13.1 Å². The van der Waals surface area contributed by atoms with Gasteiger partial charge in [0.1, 0.15) is 0 Å². The van der Waals surface area contributed by atoms with Crippen LogP contribution >= 0.6 is 11.6 Å². The van der Waals surface area contributed by atoms with E-state index >= 15 is 0 Å². The van der Waals surface area contributed by atoms with Crippen molar-refractivity contribution in [2.75, 3.05) is 5.32 Å². The number of hydrogen-bond acceptors (Lipinski definition) is 1. The average molecular weight is 314 g/mol. The normalized spacial score (nSPS) is 11.3. The van der Waals surface area contributed by atoms with Crippen molar-refractivity contribution < 1.29 is 18.0 Å². The summed E-state index contributed by atoms with van der Waals surface area (Å²) in [5.41, 5.74) is 0.202. The van der Waals surface area contributed by atoms with E-state index < -0.39 is 22.7 Å². The number of alkyl halides is 3. The standard InChI is InChI=1S/C15H11ClF3NO/c1-9-4-2-3-5-11(9)14(21)20-10-6-7-13(16)12(8-10)15(17,18)19/h2-8H,1H3,(H,20,21). The number of aryl methyl sites for hydroxylation is 1. The van der Waals surface area contributed by atoms with Crippen LogP contribution in [0.15, 0.2) is 42.5 Å². The molecule has 1 N–H and O–H groups in total. The zero-order chi connectivity index (χ0) is 15.6. The number of hydrogen-bond donors (Lipinski definition) is 1. The number of carbonyl (C=O) groups is 1. The lowest BCUT2D eigenvalue weighted by Crippen LogP contribution is -2.14. The van der Waals surface area contributed by atoms with Crippen LogP contribution in [0, 0.1) is 6.92 Å². The van der Waals surface area contributed by atoms with Crippen molar-refractivity contribution in [3.63, 3.8) is 0 Å². The van der Waals surface area contributed by atoms with Crippen molar-refractivity contribution >= 4 is 23.2 Å². The Morgan fingerprint density at radius 2 is 1.81 bits per heavy atom. The Hall–Kier alpha value is -2.01. The summed E-state index contributed by atoms with van der Waals surface area (Å²) in [6.07, 6.45) is -4.57. The number of nitrogens with one attached hydrogen (secondary N) is 1. The highest BCUT2D eigenvalue weighted by molar-refractivity contribution is 6.31. The number of amides is 1. The van der Waals surface area contributed by atoms with Crippen LogP contribution in [0.25, 0.3) is 0 Å². The van der Waals surface area contributed by atoms with Crippen LogP contribution in [0.3, 0.4) is 0 Å². The third-order valence-electron chi connectivity index (χ3n) is 2.92. The van der Waals surface area contributed by atoms with E-state index in [2.05, 4.69) is 5.32 Å². The first-order valence-corrected chi connectivity index (χ1v) is 6.40. The van der Waals surface area contributed by atoms with Gasteiger partial charge in [0.2, 0.25) is 0 Å². The number of rotatable bonds is 2. The summed E-state index contributed by atoms with van der Waals surface area (Å²) >= 11 is 5.53. The van der Waals surface area contributed by atoms with Crippen LogP contribution in [0.4, 0.5) is 18.9 Å². The van der Waals surface area contributed by atoms with Gasteiger partial charge >= 0.3 is 6.18 Å². The van der Waals surface area contributed by atoms with E-state index in [0.29, 0.717) is 5.56 Å². The zero-order valence-corrected chi connectivity index (χ0v) is 11.7. The average Bonchev–Trinajstić information content (AvgIpc) is 2.40. The quantitative estimate of drug-likeness (QED) is 0.837. The van der Waals surface area contributed by atoms with Gasteiger partial charge in [0.15, 0.2) is 0 Å². The third kappa shape index (κ3) is 3.55. The van der Waals surface area contributed by atoms with Crippen LogP contribution in [0.1, 0.15) is 21.5 Å². The van der Waals surface area contributed by atoms with Crippen molar-refractivity contribution in [1.82, 2.24) is 0 Å². The molecule has 1 amide bonds. The van der Waals surface area contributed by atoms with E-state index in [0.717, 1.165) is 17.7 Å². The maximum atomic E-state index is 12.8. The van der Waals surface area contributed by atoms with Crippen LogP contribution in [0.5, 0.6) is 0 Å². The summed E-state index contributed by atoms with van der Waals surface area (Å²) in [4.78, 5) is 12.1. The zero-order valence-electron chi connectivity index (χ0n) is 11.0. The molecule has 0 unspecified atom stereocenters. The topological polar surface area (TPSA) is 29.1 Å². The molecule has 6 heteroatoms. The molecule has 0 atom stereocenters. The highest BCUT2D eigenvalue weighted by atomic mass is 35.5. The monoisotopic (exact) mass is 313 g/mol. The Morgan fingerprint density at radius 1 is 1.14 bits per heavy atom. The first kappa shape index (κ1) is 15.4. The van der Waals surface area contributed by atoms with Gasteiger partial charge in [-0.1, -0.05) is 29.8 Å². The first-order chi connectivity index (χ1) is 9.79. The largest absolute Gasteiger partial charge is 0.417 e. The lowest BCUT2D eigenvalue weighted by atomic mass is 10.1. The summed E-state index contributed by atoms with van der Waals surface area (Å²) < 4.78 is 38.3. The van der Waals surface area contributed by atoms with E-state index in [9.17, 15) is 18.0 Å². The van der Waals surface area contributed by atoms with Crippen LogP contribution in [-0.2, 0) is 6.18 Å². The molecule has 0 saturated carbocycles. The van der Waals surface area contributed by atoms with E-state index in [1.165, 1.54) is 6.07 Å². The Balaban J connectivity index is 2.29. The molecule has 2 nitrogen and oxygen atoms in total. The second-order valence-corrected chi connectivity index (χ2v) is 4.87. The predicted molar refractivity (Wildman–Crippen MR) is 75.6 cm³/mol. The van der Waals surface area contributed by atoms with Crippen LogP contribution in [-0.4, -0.2) is 5.91 Å². The molecule has 0 saturated heterocycles. The van der Waals surface area contributed by atoms with Crippen LogP contribution < -0.4 is 5.32 Å². The minimum absolute atomic E-state index is 0.0416. The van der Waals surface area contributed by atoms with E-state index in [4.69, 9.17) is 11.6 Å². The Morgan fingerprint density at radius 3 is 2.43 bits per heavy atom. The fourth-order valence-corrected chi connectivity index (χ4v) is 2.07. The molecule has 0 radical (unpaired) electrons. The second kappa shape index (κ2) is 5.77. The molecule has 0 aliphatic rings. The lowest BCUT2D eigenvalue weighted by Gasteiger charge is -2.12. The molecule has 0 heterocycles. The van der Waals surface area contributed by atoms with Gasteiger partial charge in [-0.15, -0.1) is 0 Å². The van der Waals surface area contributed by atoms with E-state index in [1.807, 2.05) is 0 Å². The first-order valence-electron chi connectivity index (χ1n) is 6.03. The highest BCUT2D eigenvalue weighted by Crippen LogP contribution is 2.36. The number of carbonyl (C=O) groups excluding carboxylic acids is 1. The van der Waals surface area contributed by atoms with Gasteiger partial charge in [-0.05, 0) is 36.8 Å². The molecule has 2 aromatic rings. The van der Waals surface area contributed by atoms with Crippen molar-refractivity contribution in [2.24, 2.45) is 0 Å². The maximum absolute atomic E-state index is 12.8. The van der Waals surface area contributed by atoms with Gasteiger partial charge in [0, 0.05) is 11.3 Å². The summed E-state index contributed by atoms with van der Waals surface area (Å²) in [6.45, 7) is 1.75. The SMILES string of the molecule is Cc1ccccc1C(=O)Nc1ccc(Cl)c(C(F)(F)F)c1. The lowest BCUT2D eigenvalue weighted by molar-refractivity contribution is -0.137. The summed E-state index contributed by atoms with van der Waals surface area (Å²) in [5, 5.41) is 2.04. The smallest absolute Gasteiger partial charge is 0.322 e. The summed E-state index contributed by atoms with van der Waals surface area (Å²) in [7, 11) is 0. The van der Waals surface area contributed by atoms with Crippen molar-refractivity contribution in [1.29, 1.82) is 0 Å². The predicted octanol–water partition coefficient (Wildman–Crippen LogP) is 4.92. The molecule has 21 heavy (non-hydrogen) atoms. The van der Waals surface area contributed by atoms with Gasteiger partial charge in [0.05, 0.1) is 10.6 Å². The molecule has 110 valence electrons. The fourth-order valence-electron chi connectivity index (χ4n) is 1.85. The maximum Gasteiger partial charge on any atom is 0.417 e. The molecular weight excluding hydrogens is 303 g/mol. The number of halogens is 4. The van der Waals surface area contributed by atoms with E-state index in [-0.39, 0.29) is 5.69 Å². The minimum atomic E-state index is -4.57. The molecule has 2 aromatic carbocycles. The number of anilines is 1. The van der Waals surface area contributed by atoms with Gasteiger partial charge in [-0.2, -0.15) is 13.2 Å². The van der Waals surface area contributed by atoms with Gasteiger partial charge in [-0.3, -0.25) is 4.79 Å². The summed E-state index contributed by atoms with van der Waals surface area (Å²) in [6, 6.07) is 10.1. The molecule has 0 spiro atoms. The second-order valence-electron chi connectivity index (χ2n) is 4.46. The molecule has 2 rings (SSSR count). The van der Waals surface area contributed by atoms with Crippen molar-refractivity contribution in [3.8, 4) is 0 Å². The minimum Gasteiger partial charge on any atom is -0.322 e. The molecule has 0 aliphatic carbocycles. The molecular formula is C15H11ClF3NO. The summed E-state index contributed by atoms with van der Waals surface area (Å²) in [5.74, 6) is -0.469. The fraction of sp³-hybridized carbons (Fsp3) is 0.133. The molecule has 0 aromatic heterocycles. The van der Waals surface area contributed by atoms with Crippen molar-refractivity contribution in [3.05, 3.63) is 64.2 Å². The molecule has 0 fully saturated rings. The van der Waals surface area contributed by atoms with E-state index in [1.54, 1.807) is 31.2 Å². The van der Waals surface area contributed by atoms with Crippen LogP contribution in [0.2, 0.25) is 5.02 Å². The number of benzene rings is 2. The highest BCUT2D eigenvalue weighted by Gasteiger charge is 2.33. The third-order valence-corrected chi connectivity index (χ3v) is 3.25. The molecule has 0 aliphatic heterocycles. The van der Waals surface area contributed by atoms with Gasteiger partial charge in [-0.25, -0.2) is 0 Å².